The Bertz CT molecular complexity index is 479. The summed E-state index contributed by atoms with van der Waals surface area (Å²) in [5, 5.41) is 0. The van der Waals surface area contributed by atoms with Gasteiger partial charge in [-0.05, 0) is 37.5 Å². The predicted molar refractivity (Wildman–Crippen MR) is 66.8 cm³/mol. The second kappa shape index (κ2) is 4.69. The van der Waals surface area contributed by atoms with Gasteiger partial charge in [0.1, 0.15) is 5.82 Å². The van der Waals surface area contributed by atoms with Gasteiger partial charge in [-0.3, -0.25) is 0 Å². The molecule has 1 aromatic carbocycles. The molecule has 1 aromatic rings. The molecule has 0 aliphatic heterocycles. The molecule has 0 heterocycles. The number of esters is 1. The van der Waals surface area contributed by atoms with Crippen LogP contribution in [0.25, 0.3) is 0 Å². The Morgan fingerprint density at radius 2 is 2.00 bits per heavy atom. The van der Waals surface area contributed by atoms with Crippen molar-refractivity contribution in [2.45, 2.75) is 38.1 Å². The topological polar surface area (TPSA) is 52.3 Å². The Morgan fingerprint density at radius 1 is 1.39 bits per heavy atom. The molecular formula is C14H18FNO2. The van der Waals surface area contributed by atoms with Crippen LogP contribution in [0.3, 0.4) is 0 Å². The number of carbonyl (C=O) groups is 1. The lowest BCUT2D eigenvalue weighted by molar-refractivity contribution is 0.0599. The van der Waals surface area contributed by atoms with Crippen LogP contribution in [-0.4, -0.2) is 13.1 Å². The molecule has 2 rings (SSSR count). The van der Waals surface area contributed by atoms with Crippen LogP contribution in [0, 0.1) is 12.7 Å². The van der Waals surface area contributed by atoms with Gasteiger partial charge < -0.3 is 10.5 Å². The van der Waals surface area contributed by atoms with E-state index in [-0.39, 0.29) is 5.82 Å². The van der Waals surface area contributed by atoms with E-state index in [0.29, 0.717) is 16.7 Å². The van der Waals surface area contributed by atoms with Crippen LogP contribution in [0.4, 0.5) is 4.39 Å². The fourth-order valence-electron chi connectivity index (χ4n) is 2.66. The molecule has 1 saturated carbocycles. The van der Waals surface area contributed by atoms with E-state index in [1.54, 1.807) is 13.0 Å². The van der Waals surface area contributed by atoms with E-state index < -0.39 is 11.5 Å². The molecule has 0 bridgehead atoms. The first-order chi connectivity index (χ1) is 8.48. The highest BCUT2D eigenvalue weighted by molar-refractivity contribution is 5.91. The lowest BCUT2D eigenvalue weighted by atomic mass is 9.87. The highest BCUT2D eigenvalue weighted by atomic mass is 19.1. The maximum atomic E-state index is 14.1. The van der Waals surface area contributed by atoms with Gasteiger partial charge in [0, 0.05) is 11.1 Å². The van der Waals surface area contributed by atoms with E-state index in [0.717, 1.165) is 25.7 Å². The molecule has 2 N–H and O–H groups in total. The van der Waals surface area contributed by atoms with Crippen molar-refractivity contribution in [2.24, 2.45) is 5.73 Å². The third-order valence-corrected chi connectivity index (χ3v) is 3.75. The first-order valence-corrected chi connectivity index (χ1v) is 6.16. The summed E-state index contributed by atoms with van der Waals surface area (Å²) in [6, 6.07) is 2.93. The van der Waals surface area contributed by atoms with E-state index in [9.17, 15) is 9.18 Å². The highest BCUT2D eigenvalue weighted by Gasteiger charge is 2.34. The zero-order valence-electron chi connectivity index (χ0n) is 10.8. The van der Waals surface area contributed by atoms with Gasteiger partial charge in [-0.25, -0.2) is 9.18 Å². The SMILES string of the molecule is COC(=O)c1cc(C2(N)CCCC2)c(F)cc1C. The average Bonchev–Trinajstić information content (AvgIpc) is 2.76. The number of rotatable bonds is 2. The van der Waals surface area contributed by atoms with Gasteiger partial charge in [-0.1, -0.05) is 12.8 Å². The van der Waals surface area contributed by atoms with Crippen molar-refractivity contribution in [3.8, 4) is 0 Å². The van der Waals surface area contributed by atoms with E-state index in [4.69, 9.17) is 10.5 Å². The Kier molecular flexibility index (Phi) is 3.39. The van der Waals surface area contributed by atoms with Crippen molar-refractivity contribution in [1.82, 2.24) is 0 Å². The number of aryl methyl sites for hydroxylation is 1. The molecule has 1 aliphatic carbocycles. The fraction of sp³-hybridized carbons (Fsp3) is 0.500. The van der Waals surface area contributed by atoms with Gasteiger partial charge in [0.2, 0.25) is 0 Å². The first kappa shape index (κ1) is 13.0. The molecule has 0 amide bonds. The smallest absolute Gasteiger partial charge is 0.338 e. The number of hydrogen-bond donors (Lipinski definition) is 1. The number of carbonyl (C=O) groups excluding carboxylic acids is 1. The van der Waals surface area contributed by atoms with Crippen molar-refractivity contribution in [2.75, 3.05) is 7.11 Å². The van der Waals surface area contributed by atoms with Crippen LogP contribution in [0.5, 0.6) is 0 Å². The van der Waals surface area contributed by atoms with Crippen molar-refractivity contribution in [3.05, 3.63) is 34.6 Å². The van der Waals surface area contributed by atoms with Gasteiger partial charge in [-0.2, -0.15) is 0 Å². The Balaban J connectivity index is 2.51. The maximum Gasteiger partial charge on any atom is 0.338 e. The molecule has 1 fully saturated rings. The highest BCUT2D eigenvalue weighted by Crippen LogP contribution is 2.38. The maximum absolute atomic E-state index is 14.1. The number of halogens is 1. The van der Waals surface area contributed by atoms with Gasteiger partial charge in [0.05, 0.1) is 12.7 Å². The third-order valence-electron chi connectivity index (χ3n) is 3.75. The van der Waals surface area contributed by atoms with Crippen LogP contribution in [0.15, 0.2) is 12.1 Å². The Labute approximate surface area is 106 Å². The summed E-state index contributed by atoms with van der Waals surface area (Å²) in [6.45, 7) is 1.69. The molecule has 0 atom stereocenters. The predicted octanol–water partition coefficient (Wildman–Crippen LogP) is 2.65. The molecule has 0 unspecified atom stereocenters. The van der Waals surface area contributed by atoms with E-state index in [1.165, 1.54) is 13.2 Å². The van der Waals surface area contributed by atoms with Crippen LogP contribution in [0.2, 0.25) is 0 Å². The summed E-state index contributed by atoms with van der Waals surface area (Å²) >= 11 is 0. The van der Waals surface area contributed by atoms with Gasteiger partial charge in [0.25, 0.3) is 0 Å². The molecular weight excluding hydrogens is 233 g/mol. The molecule has 1 aliphatic rings. The minimum atomic E-state index is -0.638. The number of hydrogen-bond acceptors (Lipinski definition) is 3. The van der Waals surface area contributed by atoms with Crippen LogP contribution in [-0.2, 0) is 10.3 Å². The monoisotopic (exact) mass is 251 g/mol. The molecule has 0 aromatic heterocycles. The third kappa shape index (κ3) is 2.12. The second-order valence-corrected chi connectivity index (χ2v) is 5.00. The summed E-state index contributed by atoms with van der Waals surface area (Å²) < 4.78 is 18.8. The van der Waals surface area contributed by atoms with Crippen molar-refractivity contribution in [1.29, 1.82) is 0 Å². The molecule has 4 heteroatoms. The zero-order chi connectivity index (χ0) is 13.3. The number of ether oxygens (including phenoxy) is 1. The standard InChI is InChI=1S/C14H18FNO2/c1-9-7-12(15)11(8-10(9)13(17)18-2)14(16)5-3-4-6-14/h7-8H,3-6,16H2,1-2H3. The summed E-state index contributed by atoms with van der Waals surface area (Å²) in [5.41, 5.74) is 7.02. The molecule has 98 valence electrons. The summed E-state index contributed by atoms with van der Waals surface area (Å²) in [5.74, 6) is -0.778. The van der Waals surface area contributed by atoms with E-state index in [2.05, 4.69) is 0 Å². The second-order valence-electron chi connectivity index (χ2n) is 5.00. The van der Waals surface area contributed by atoms with Crippen molar-refractivity contribution in [3.63, 3.8) is 0 Å². The molecule has 0 saturated heterocycles. The molecule has 3 nitrogen and oxygen atoms in total. The largest absolute Gasteiger partial charge is 0.465 e. The van der Waals surface area contributed by atoms with Crippen molar-refractivity contribution < 1.29 is 13.9 Å². The summed E-state index contributed by atoms with van der Waals surface area (Å²) in [7, 11) is 1.32. The van der Waals surface area contributed by atoms with E-state index in [1.807, 2.05) is 0 Å². The molecule has 0 spiro atoms. The zero-order valence-corrected chi connectivity index (χ0v) is 10.8. The lowest BCUT2D eigenvalue weighted by Gasteiger charge is -2.25. The normalized spacial score (nSPS) is 17.8. The number of nitrogens with two attached hydrogens (primary N) is 1. The average molecular weight is 251 g/mol. The molecule has 18 heavy (non-hydrogen) atoms. The number of methoxy groups -OCH3 is 1. The summed E-state index contributed by atoms with van der Waals surface area (Å²) in [4.78, 5) is 11.6. The summed E-state index contributed by atoms with van der Waals surface area (Å²) in [6.07, 6.45) is 3.51. The van der Waals surface area contributed by atoms with Crippen LogP contribution >= 0.6 is 0 Å². The van der Waals surface area contributed by atoms with Gasteiger partial charge in [0.15, 0.2) is 0 Å². The van der Waals surface area contributed by atoms with Crippen LogP contribution < -0.4 is 5.73 Å². The first-order valence-electron chi connectivity index (χ1n) is 6.16. The Hall–Kier alpha value is -1.42. The lowest BCUT2D eigenvalue weighted by Crippen LogP contribution is -2.34. The minimum absolute atomic E-state index is 0.329. The molecule has 0 radical (unpaired) electrons. The number of benzene rings is 1. The van der Waals surface area contributed by atoms with E-state index >= 15 is 0 Å². The minimum Gasteiger partial charge on any atom is -0.465 e. The van der Waals surface area contributed by atoms with Gasteiger partial charge in [-0.15, -0.1) is 0 Å². The van der Waals surface area contributed by atoms with Crippen LogP contribution in [0.1, 0.15) is 47.2 Å². The van der Waals surface area contributed by atoms with Gasteiger partial charge >= 0.3 is 5.97 Å². The van der Waals surface area contributed by atoms with Crippen molar-refractivity contribution >= 4 is 5.97 Å². The Morgan fingerprint density at radius 3 is 2.56 bits per heavy atom. The fourth-order valence-corrected chi connectivity index (χ4v) is 2.66. The quantitative estimate of drug-likeness (QED) is 0.822.